The van der Waals surface area contributed by atoms with E-state index in [4.69, 9.17) is 11.6 Å². The quantitative estimate of drug-likeness (QED) is 0.787. The molecule has 20 heavy (non-hydrogen) atoms. The van der Waals surface area contributed by atoms with Gasteiger partial charge in [-0.3, -0.25) is 14.9 Å². The van der Waals surface area contributed by atoms with Crippen LogP contribution in [-0.2, 0) is 6.42 Å². The van der Waals surface area contributed by atoms with Crippen LogP contribution in [0.3, 0.4) is 0 Å². The molecule has 1 N–H and O–H groups in total. The van der Waals surface area contributed by atoms with E-state index < -0.39 is 0 Å². The van der Waals surface area contributed by atoms with E-state index in [-0.39, 0.29) is 5.56 Å². The molecule has 0 aliphatic heterocycles. The molecule has 0 aliphatic carbocycles. The summed E-state index contributed by atoms with van der Waals surface area (Å²) in [7, 11) is 0. The minimum Gasteiger partial charge on any atom is -0.290 e. The van der Waals surface area contributed by atoms with Crippen LogP contribution in [0.2, 0.25) is 5.02 Å². The lowest BCUT2D eigenvalue weighted by molar-refractivity contribution is 0.860. The van der Waals surface area contributed by atoms with Gasteiger partial charge in [-0.25, -0.2) is 4.68 Å². The number of hydrogen-bond acceptors (Lipinski definition) is 2. The molecule has 0 radical (unpaired) electrons. The van der Waals surface area contributed by atoms with Crippen molar-refractivity contribution in [2.75, 3.05) is 0 Å². The summed E-state index contributed by atoms with van der Waals surface area (Å²) in [5.41, 5.74) is 3.55. The van der Waals surface area contributed by atoms with E-state index in [1.54, 1.807) is 18.3 Å². The van der Waals surface area contributed by atoms with Crippen molar-refractivity contribution < 1.29 is 0 Å². The van der Waals surface area contributed by atoms with E-state index >= 15 is 0 Å². The van der Waals surface area contributed by atoms with Crippen molar-refractivity contribution in [2.45, 2.75) is 20.3 Å². The van der Waals surface area contributed by atoms with Gasteiger partial charge < -0.3 is 0 Å². The summed E-state index contributed by atoms with van der Waals surface area (Å²) < 4.78 is 1.53. The first kappa shape index (κ1) is 12.9. The smallest absolute Gasteiger partial charge is 0.280 e. The Balaban J connectivity index is 2.31. The molecule has 102 valence electrons. The number of H-pyrrole nitrogens is 1. The lowest BCUT2D eigenvalue weighted by Crippen LogP contribution is -2.14. The second-order valence-corrected chi connectivity index (χ2v) is 5.13. The van der Waals surface area contributed by atoms with Crippen molar-refractivity contribution in [3.63, 3.8) is 0 Å². The zero-order valence-corrected chi connectivity index (χ0v) is 12.0. The molecule has 3 aromatic rings. The molecule has 2 heterocycles. The molecule has 0 fully saturated rings. The Labute approximate surface area is 121 Å². The first-order valence-electron chi connectivity index (χ1n) is 6.47. The normalized spacial score (nSPS) is 11.2. The molecule has 0 saturated carbocycles. The maximum absolute atomic E-state index is 12.5. The summed E-state index contributed by atoms with van der Waals surface area (Å²) in [6, 6.07) is 7.15. The van der Waals surface area contributed by atoms with Gasteiger partial charge in [0, 0.05) is 16.9 Å². The highest BCUT2D eigenvalue weighted by Gasteiger charge is 2.13. The summed E-state index contributed by atoms with van der Waals surface area (Å²) in [6.07, 6.45) is 2.46. The molecule has 2 aromatic heterocycles. The molecule has 0 amide bonds. The van der Waals surface area contributed by atoms with E-state index in [0.29, 0.717) is 10.4 Å². The summed E-state index contributed by atoms with van der Waals surface area (Å²) in [4.78, 5) is 16.8. The Hall–Kier alpha value is -2.07. The zero-order valence-electron chi connectivity index (χ0n) is 11.3. The minimum atomic E-state index is -0.0930. The van der Waals surface area contributed by atoms with Gasteiger partial charge in [0.25, 0.3) is 5.56 Å². The molecule has 0 aliphatic rings. The van der Waals surface area contributed by atoms with Gasteiger partial charge in [0.05, 0.1) is 16.6 Å². The van der Waals surface area contributed by atoms with Gasteiger partial charge in [0.1, 0.15) is 0 Å². The Bertz CT molecular complexity index is 831. The number of aromatic amines is 1. The topological polar surface area (TPSA) is 50.7 Å². The molecule has 0 saturated heterocycles. The highest BCUT2D eigenvalue weighted by atomic mass is 35.5. The number of aromatic nitrogens is 3. The second kappa shape index (κ2) is 4.80. The van der Waals surface area contributed by atoms with Crippen molar-refractivity contribution in [1.82, 2.24) is 14.8 Å². The van der Waals surface area contributed by atoms with E-state index in [2.05, 4.69) is 17.0 Å². The predicted molar refractivity (Wildman–Crippen MR) is 80.8 cm³/mol. The fraction of sp³-hybridized carbons (Fsp3) is 0.200. The zero-order chi connectivity index (χ0) is 14.3. The van der Waals surface area contributed by atoms with Crippen molar-refractivity contribution in [3.8, 4) is 5.69 Å². The van der Waals surface area contributed by atoms with Gasteiger partial charge in [-0.2, -0.15) is 0 Å². The van der Waals surface area contributed by atoms with Crippen LogP contribution in [0.15, 0.2) is 35.3 Å². The Morgan fingerprint density at radius 2 is 2.00 bits per heavy atom. The molecule has 0 atom stereocenters. The summed E-state index contributed by atoms with van der Waals surface area (Å²) >= 11 is 5.88. The fourth-order valence-electron chi connectivity index (χ4n) is 2.42. The Morgan fingerprint density at radius 3 is 2.65 bits per heavy atom. The highest BCUT2D eigenvalue weighted by molar-refractivity contribution is 6.30. The largest absolute Gasteiger partial charge is 0.290 e. The van der Waals surface area contributed by atoms with Gasteiger partial charge in [-0.15, -0.1) is 0 Å². The van der Waals surface area contributed by atoms with Gasteiger partial charge in [-0.1, -0.05) is 18.5 Å². The third-order valence-electron chi connectivity index (χ3n) is 3.49. The number of aryl methyl sites for hydroxylation is 2. The van der Waals surface area contributed by atoms with Crippen LogP contribution in [0.1, 0.15) is 18.2 Å². The predicted octanol–water partition coefficient (Wildman–Crippen LogP) is 3.24. The summed E-state index contributed by atoms with van der Waals surface area (Å²) in [5, 5.41) is 4.44. The molecule has 0 bridgehead atoms. The van der Waals surface area contributed by atoms with Crippen LogP contribution in [0.25, 0.3) is 16.6 Å². The van der Waals surface area contributed by atoms with Gasteiger partial charge in [0.2, 0.25) is 0 Å². The van der Waals surface area contributed by atoms with Crippen LogP contribution in [0, 0.1) is 6.92 Å². The van der Waals surface area contributed by atoms with Gasteiger partial charge >= 0.3 is 0 Å². The standard InChI is InChI=1S/C15H14ClN3O/c1-3-12-9(2)17-8-13-14(12)18-19(15(13)20)11-6-4-10(16)5-7-11/h4-8,18H,3H2,1-2H3. The number of hydrogen-bond donors (Lipinski definition) is 1. The average Bonchev–Trinajstić information content (AvgIpc) is 2.77. The lowest BCUT2D eigenvalue weighted by Gasteiger charge is -2.03. The van der Waals surface area contributed by atoms with Crippen LogP contribution >= 0.6 is 11.6 Å². The molecule has 0 unspecified atom stereocenters. The number of halogens is 1. The first-order valence-corrected chi connectivity index (χ1v) is 6.84. The average molecular weight is 288 g/mol. The molecule has 1 aromatic carbocycles. The number of fused-ring (bicyclic) bond motifs is 1. The van der Waals surface area contributed by atoms with Crippen molar-refractivity contribution in [2.24, 2.45) is 0 Å². The number of benzene rings is 1. The molecular weight excluding hydrogens is 274 g/mol. The lowest BCUT2D eigenvalue weighted by atomic mass is 10.1. The maximum atomic E-state index is 12.5. The number of rotatable bonds is 2. The van der Waals surface area contributed by atoms with E-state index in [1.165, 1.54) is 4.68 Å². The minimum absolute atomic E-state index is 0.0930. The third kappa shape index (κ3) is 1.93. The number of nitrogens with zero attached hydrogens (tertiary/aromatic N) is 2. The molecule has 3 rings (SSSR count). The maximum Gasteiger partial charge on any atom is 0.280 e. The SMILES string of the molecule is CCc1c(C)ncc2c(=O)n(-c3ccc(Cl)cc3)[nH]c12. The van der Waals surface area contributed by atoms with Crippen LogP contribution in [-0.4, -0.2) is 14.8 Å². The van der Waals surface area contributed by atoms with E-state index in [0.717, 1.165) is 28.9 Å². The van der Waals surface area contributed by atoms with E-state index in [1.807, 2.05) is 19.1 Å². The molecule has 5 heteroatoms. The Kier molecular flexibility index (Phi) is 3.10. The van der Waals surface area contributed by atoms with Crippen molar-refractivity contribution >= 4 is 22.5 Å². The van der Waals surface area contributed by atoms with Gasteiger partial charge in [0.15, 0.2) is 0 Å². The Morgan fingerprint density at radius 1 is 1.30 bits per heavy atom. The monoisotopic (exact) mass is 287 g/mol. The molecular formula is C15H14ClN3O. The summed E-state index contributed by atoms with van der Waals surface area (Å²) in [5.74, 6) is 0. The number of pyridine rings is 1. The first-order chi connectivity index (χ1) is 9.61. The van der Waals surface area contributed by atoms with Crippen LogP contribution < -0.4 is 5.56 Å². The van der Waals surface area contributed by atoms with E-state index in [9.17, 15) is 4.79 Å². The van der Waals surface area contributed by atoms with Crippen molar-refractivity contribution in [3.05, 3.63) is 57.1 Å². The second-order valence-electron chi connectivity index (χ2n) is 4.69. The van der Waals surface area contributed by atoms with Crippen molar-refractivity contribution in [1.29, 1.82) is 0 Å². The highest BCUT2D eigenvalue weighted by Crippen LogP contribution is 2.18. The van der Waals surface area contributed by atoms with Crippen LogP contribution in [0.4, 0.5) is 0 Å². The summed E-state index contributed by atoms with van der Waals surface area (Å²) in [6.45, 7) is 4.01. The molecule has 4 nitrogen and oxygen atoms in total. The fourth-order valence-corrected chi connectivity index (χ4v) is 2.55. The molecule has 0 spiro atoms. The van der Waals surface area contributed by atoms with Gasteiger partial charge in [-0.05, 0) is 43.2 Å². The van der Waals surface area contributed by atoms with Crippen LogP contribution in [0.5, 0.6) is 0 Å². The number of nitrogens with one attached hydrogen (secondary N) is 1. The third-order valence-corrected chi connectivity index (χ3v) is 3.74.